The zero-order chi connectivity index (χ0) is 14.7. The van der Waals surface area contributed by atoms with Crippen molar-refractivity contribution in [1.29, 1.82) is 0 Å². The van der Waals surface area contributed by atoms with E-state index in [1.807, 2.05) is 18.2 Å². The monoisotopic (exact) mass is 275 g/mol. The molecule has 0 aromatic heterocycles. The first-order valence-electron chi connectivity index (χ1n) is 7.50. The lowest BCUT2D eigenvalue weighted by molar-refractivity contribution is -0.0329. The molecular weight excluding hydrogens is 250 g/mol. The van der Waals surface area contributed by atoms with Crippen LogP contribution >= 0.6 is 0 Å². The van der Waals surface area contributed by atoms with Gasteiger partial charge in [-0.2, -0.15) is 0 Å². The van der Waals surface area contributed by atoms with E-state index in [1.165, 1.54) is 0 Å². The van der Waals surface area contributed by atoms with Gasteiger partial charge in [0.1, 0.15) is 6.10 Å². The highest BCUT2D eigenvalue weighted by Gasteiger charge is 2.34. The number of benzene rings is 1. The number of ether oxygens (including phenoxy) is 1. The SMILES string of the molecule is CC(C)N1C[C@H](C)[C@H](OC(=O)c2ccccc2)C[C@H]1C. The standard InChI is InChI=1S/C17H25NO2/c1-12(2)18-11-13(3)16(10-14(18)4)20-17(19)15-8-6-5-7-9-15/h5-9,12-14,16H,10-11H2,1-4H3/t13-,14+,16+/m0/s1. The van der Waals surface area contributed by atoms with Crippen LogP contribution in [0.4, 0.5) is 0 Å². The number of piperidine rings is 1. The maximum atomic E-state index is 12.1. The summed E-state index contributed by atoms with van der Waals surface area (Å²) in [6.45, 7) is 9.82. The largest absolute Gasteiger partial charge is 0.458 e. The molecule has 1 heterocycles. The molecule has 0 amide bonds. The summed E-state index contributed by atoms with van der Waals surface area (Å²) in [6, 6.07) is 10.2. The molecule has 1 fully saturated rings. The fourth-order valence-corrected chi connectivity index (χ4v) is 3.00. The lowest BCUT2D eigenvalue weighted by Gasteiger charge is -2.43. The van der Waals surface area contributed by atoms with Gasteiger partial charge in [-0.1, -0.05) is 25.1 Å². The van der Waals surface area contributed by atoms with Crippen molar-refractivity contribution in [3.63, 3.8) is 0 Å². The van der Waals surface area contributed by atoms with E-state index in [4.69, 9.17) is 4.74 Å². The van der Waals surface area contributed by atoms with Gasteiger partial charge in [-0.25, -0.2) is 4.79 Å². The Morgan fingerprint density at radius 2 is 1.90 bits per heavy atom. The van der Waals surface area contributed by atoms with E-state index >= 15 is 0 Å². The molecule has 110 valence electrons. The smallest absolute Gasteiger partial charge is 0.338 e. The maximum Gasteiger partial charge on any atom is 0.338 e. The molecule has 1 aromatic carbocycles. The van der Waals surface area contributed by atoms with Crippen molar-refractivity contribution < 1.29 is 9.53 Å². The number of carbonyl (C=O) groups excluding carboxylic acids is 1. The number of rotatable bonds is 3. The third-order valence-corrected chi connectivity index (χ3v) is 4.20. The van der Waals surface area contributed by atoms with Crippen LogP contribution in [0.15, 0.2) is 30.3 Å². The summed E-state index contributed by atoms with van der Waals surface area (Å²) in [5.41, 5.74) is 0.638. The molecule has 1 aliphatic rings. The van der Waals surface area contributed by atoms with Crippen LogP contribution in [0.25, 0.3) is 0 Å². The zero-order valence-electron chi connectivity index (χ0n) is 12.9. The van der Waals surface area contributed by atoms with Gasteiger partial charge in [0.15, 0.2) is 0 Å². The third kappa shape index (κ3) is 3.40. The van der Waals surface area contributed by atoms with Gasteiger partial charge in [0.25, 0.3) is 0 Å². The van der Waals surface area contributed by atoms with E-state index in [2.05, 4.69) is 32.6 Å². The lowest BCUT2D eigenvalue weighted by atomic mass is 9.90. The fourth-order valence-electron chi connectivity index (χ4n) is 3.00. The minimum absolute atomic E-state index is 0.0210. The van der Waals surface area contributed by atoms with Crippen molar-refractivity contribution in [2.24, 2.45) is 5.92 Å². The minimum Gasteiger partial charge on any atom is -0.458 e. The van der Waals surface area contributed by atoms with Crippen molar-refractivity contribution in [3.05, 3.63) is 35.9 Å². The number of carbonyl (C=O) groups is 1. The Morgan fingerprint density at radius 1 is 1.25 bits per heavy atom. The molecule has 3 nitrogen and oxygen atoms in total. The van der Waals surface area contributed by atoms with Crippen LogP contribution in [0, 0.1) is 5.92 Å². The van der Waals surface area contributed by atoms with Gasteiger partial charge in [-0.05, 0) is 32.9 Å². The summed E-state index contributed by atoms with van der Waals surface area (Å²) in [4.78, 5) is 14.6. The molecule has 0 spiro atoms. The van der Waals surface area contributed by atoms with Gasteiger partial charge < -0.3 is 4.74 Å². The molecule has 1 aromatic rings. The van der Waals surface area contributed by atoms with Crippen molar-refractivity contribution in [2.75, 3.05) is 6.54 Å². The van der Waals surface area contributed by atoms with Crippen LogP contribution < -0.4 is 0 Å². The van der Waals surface area contributed by atoms with E-state index in [1.54, 1.807) is 12.1 Å². The second kappa shape index (κ2) is 6.40. The van der Waals surface area contributed by atoms with E-state index in [0.29, 0.717) is 23.6 Å². The molecule has 0 saturated carbocycles. The molecule has 0 radical (unpaired) electrons. The van der Waals surface area contributed by atoms with Gasteiger partial charge in [-0.3, -0.25) is 4.90 Å². The molecule has 0 N–H and O–H groups in total. The molecule has 0 aliphatic carbocycles. The van der Waals surface area contributed by atoms with Crippen LogP contribution in [-0.4, -0.2) is 35.6 Å². The van der Waals surface area contributed by atoms with Crippen molar-refractivity contribution in [3.8, 4) is 0 Å². The highest BCUT2D eigenvalue weighted by molar-refractivity contribution is 5.89. The number of likely N-dealkylation sites (tertiary alicyclic amines) is 1. The molecule has 1 aliphatic heterocycles. The van der Waals surface area contributed by atoms with E-state index in [-0.39, 0.29) is 12.1 Å². The topological polar surface area (TPSA) is 29.5 Å². The number of hydrogen-bond donors (Lipinski definition) is 0. The molecule has 3 heteroatoms. The number of esters is 1. The Morgan fingerprint density at radius 3 is 2.50 bits per heavy atom. The Balaban J connectivity index is 1.99. The van der Waals surface area contributed by atoms with Crippen LogP contribution in [-0.2, 0) is 4.74 Å². The molecule has 3 atom stereocenters. The predicted octanol–water partition coefficient (Wildman–Crippen LogP) is 3.35. The Kier molecular flexibility index (Phi) is 4.81. The molecule has 0 bridgehead atoms. The molecule has 20 heavy (non-hydrogen) atoms. The first kappa shape index (κ1) is 15.0. The van der Waals surface area contributed by atoms with Crippen LogP contribution in [0.5, 0.6) is 0 Å². The van der Waals surface area contributed by atoms with Crippen LogP contribution in [0.2, 0.25) is 0 Å². The zero-order valence-corrected chi connectivity index (χ0v) is 12.9. The Hall–Kier alpha value is -1.35. The average Bonchev–Trinajstić information content (AvgIpc) is 2.43. The Bertz CT molecular complexity index is 444. The predicted molar refractivity (Wildman–Crippen MR) is 80.7 cm³/mol. The molecule has 2 rings (SSSR count). The highest BCUT2D eigenvalue weighted by atomic mass is 16.5. The number of hydrogen-bond acceptors (Lipinski definition) is 3. The first-order valence-corrected chi connectivity index (χ1v) is 7.50. The van der Waals surface area contributed by atoms with Crippen LogP contribution in [0.3, 0.4) is 0 Å². The Labute approximate surface area is 121 Å². The normalized spacial score (nSPS) is 27.6. The fraction of sp³-hybridized carbons (Fsp3) is 0.588. The highest BCUT2D eigenvalue weighted by Crippen LogP contribution is 2.27. The number of nitrogens with zero attached hydrogens (tertiary/aromatic N) is 1. The second-order valence-corrected chi connectivity index (χ2v) is 6.16. The van der Waals surface area contributed by atoms with Gasteiger partial charge in [0.2, 0.25) is 0 Å². The third-order valence-electron chi connectivity index (χ3n) is 4.20. The molecular formula is C17H25NO2. The molecule has 0 unspecified atom stereocenters. The quantitative estimate of drug-likeness (QED) is 0.792. The van der Waals surface area contributed by atoms with E-state index in [0.717, 1.165) is 13.0 Å². The van der Waals surface area contributed by atoms with Gasteiger partial charge >= 0.3 is 5.97 Å². The summed E-state index contributed by atoms with van der Waals surface area (Å²) in [5, 5.41) is 0. The summed E-state index contributed by atoms with van der Waals surface area (Å²) in [7, 11) is 0. The summed E-state index contributed by atoms with van der Waals surface area (Å²) >= 11 is 0. The summed E-state index contributed by atoms with van der Waals surface area (Å²) in [6.07, 6.45) is 0.936. The van der Waals surface area contributed by atoms with Gasteiger partial charge in [0.05, 0.1) is 5.56 Å². The second-order valence-electron chi connectivity index (χ2n) is 6.16. The average molecular weight is 275 g/mol. The van der Waals surface area contributed by atoms with Crippen molar-refractivity contribution >= 4 is 5.97 Å². The minimum atomic E-state index is -0.201. The molecule has 1 saturated heterocycles. The van der Waals surface area contributed by atoms with Crippen molar-refractivity contribution in [1.82, 2.24) is 4.90 Å². The van der Waals surface area contributed by atoms with Crippen LogP contribution in [0.1, 0.15) is 44.5 Å². The van der Waals surface area contributed by atoms with E-state index < -0.39 is 0 Å². The van der Waals surface area contributed by atoms with E-state index in [9.17, 15) is 4.79 Å². The van der Waals surface area contributed by atoms with Crippen molar-refractivity contribution in [2.45, 2.75) is 52.3 Å². The lowest BCUT2D eigenvalue weighted by Crippen LogP contribution is -2.51. The van der Waals surface area contributed by atoms with Gasteiger partial charge in [-0.15, -0.1) is 0 Å². The first-order chi connectivity index (χ1) is 9.49. The maximum absolute atomic E-state index is 12.1. The summed E-state index contributed by atoms with van der Waals surface area (Å²) < 4.78 is 5.72. The summed E-state index contributed by atoms with van der Waals surface area (Å²) in [5.74, 6) is 0.175. The van der Waals surface area contributed by atoms with Gasteiger partial charge in [0, 0.05) is 31.0 Å².